The zero-order valence-corrected chi connectivity index (χ0v) is 18.3. The number of hydrogen-bond acceptors (Lipinski definition) is 5. The molecule has 3 heterocycles. The first-order chi connectivity index (χ1) is 14.3. The van der Waals surface area contributed by atoms with E-state index in [1.165, 1.54) is 10.9 Å². The minimum atomic E-state index is -0.655. The van der Waals surface area contributed by atoms with E-state index in [1.807, 2.05) is 6.92 Å². The van der Waals surface area contributed by atoms with E-state index in [1.54, 1.807) is 22.3 Å². The number of pyridine rings is 1. The summed E-state index contributed by atoms with van der Waals surface area (Å²) in [6.45, 7) is 6.53. The average molecular weight is 423 g/mol. The SMILES string of the molecule is Cc1cc(NC(=O)C(=O)N2C[C@@H](C)CC[C@@]2(C)c2ccc3sccc3c2)cnc1N. The first kappa shape index (κ1) is 20.3. The number of anilines is 2. The Morgan fingerprint density at radius 3 is 2.87 bits per heavy atom. The van der Waals surface area contributed by atoms with Gasteiger partial charge in [0.05, 0.1) is 17.4 Å². The number of nitrogens with zero attached hydrogens (tertiary/aromatic N) is 2. The summed E-state index contributed by atoms with van der Waals surface area (Å²) < 4.78 is 1.22. The van der Waals surface area contributed by atoms with Crippen LogP contribution in [0.15, 0.2) is 41.9 Å². The molecule has 7 heteroatoms. The number of fused-ring (bicyclic) bond motifs is 1. The molecule has 3 N–H and O–H groups in total. The van der Waals surface area contributed by atoms with Gasteiger partial charge in [0.1, 0.15) is 5.82 Å². The van der Waals surface area contributed by atoms with Crippen molar-refractivity contribution >= 4 is 44.7 Å². The van der Waals surface area contributed by atoms with Gasteiger partial charge in [-0.05, 0) is 78.8 Å². The van der Waals surface area contributed by atoms with E-state index in [9.17, 15) is 9.59 Å². The Kier molecular flexibility index (Phi) is 5.24. The number of hydrogen-bond donors (Lipinski definition) is 2. The van der Waals surface area contributed by atoms with Crippen molar-refractivity contribution < 1.29 is 9.59 Å². The second kappa shape index (κ2) is 7.72. The largest absolute Gasteiger partial charge is 0.383 e. The van der Waals surface area contributed by atoms with E-state index >= 15 is 0 Å². The highest BCUT2D eigenvalue weighted by molar-refractivity contribution is 7.17. The highest BCUT2D eigenvalue weighted by Crippen LogP contribution is 2.40. The first-order valence-electron chi connectivity index (χ1n) is 10.1. The second-order valence-corrected chi connectivity index (χ2v) is 9.33. The summed E-state index contributed by atoms with van der Waals surface area (Å²) >= 11 is 1.70. The van der Waals surface area contributed by atoms with Crippen LogP contribution in [0.4, 0.5) is 11.5 Å². The lowest BCUT2D eigenvalue weighted by Gasteiger charge is -2.47. The summed E-state index contributed by atoms with van der Waals surface area (Å²) in [6.07, 6.45) is 3.28. The maximum atomic E-state index is 13.3. The lowest BCUT2D eigenvalue weighted by Crippen LogP contribution is -2.55. The molecule has 1 fully saturated rings. The molecule has 4 rings (SSSR count). The summed E-state index contributed by atoms with van der Waals surface area (Å²) in [6, 6.07) is 10.1. The van der Waals surface area contributed by atoms with Gasteiger partial charge in [-0.3, -0.25) is 9.59 Å². The van der Waals surface area contributed by atoms with E-state index in [4.69, 9.17) is 5.73 Å². The van der Waals surface area contributed by atoms with Crippen molar-refractivity contribution in [3.8, 4) is 0 Å². The number of aromatic nitrogens is 1. The Morgan fingerprint density at radius 2 is 2.10 bits per heavy atom. The molecule has 1 saturated heterocycles. The second-order valence-electron chi connectivity index (χ2n) is 8.39. The summed E-state index contributed by atoms with van der Waals surface area (Å²) in [5, 5.41) is 5.92. The molecule has 0 radical (unpaired) electrons. The van der Waals surface area contributed by atoms with Gasteiger partial charge in [-0.15, -0.1) is 11.3 Å². The van der Waals surface area contributed by atoms with Crippen LogP contribution >= 0.6 is 11.3 Å². The average Bonchev–Trinajstić information content (AvgIpc) is 3.20. The minimum absolute atomic E-state index is 0.333. The summed E-state index contributed by atoms with van der Waals surface area (Å²) in [5.41, 5.74) is 7.49. The lowest BCUT2D eigenvalue weighted by atomic mass is 9.78. The molecule has 0 saturated carbocycles. The van der Waals surface area contributed by atoms with Crippen LogP contribution < -0.4 is 11.1 Å². The molecule has 1 aliphatic heterocycles. The number of likely N-dealkylation sites (tertiary alicyclic amines) is 1. The van der Waals surface area contributed by atoms with Gasteiger partial charge in [-0.2, -0.15) is 0 Å². The van der Waals surface area contributed by atoms with Crippen molar-refractivity contribution in [2.24, 2.45) is 5.92 Å². The monoisotopic (exact) mass is 422 g/mol. The molecule has 0 spiro atoms. The standard InChI is InChI=1S/C23H26N4O2S/c1-14-6-8-23(3,17-4-5-19-16(11-17)7-9-30-19)27(13-14)22(29)21(28)26-18-10-15(2)20(24)25-12-18/h4-5,7,9-12,14H,6,8,13H2,1-3H3,(H2,24,25)(H,26,28)/t14-,23-/m0/s1. The molecule has 2 amide bonds. The predicted octanol–water partition coefficient (Wildman–Crippen LogP) is 4.30. The predicted molar refractivity (Wildman–Crippen MR) is 121 cm³/mol. The fourth-order valence-electron chi connectivity index (χ4n) is 4.14. The van der Waals surface area contributed by atoms with Crippen LogP contribution in [0.1, 0.15) is 37.8 Å². The highest BCUT2D eigenvalue weighted by atomic mass is 32.1. The number of carbonyl (C=O) groups excluding carboxylic acids is 2. The fourth-order valence-corrected chi connectivity index (χ4v) is 4.91. The third-order valence-corrected chi connectivity index (χ3v) is 7.00. The molecule has 0 aliphatic carbocycles. The maximum Gasteiger partial charge on any atom is 0.313 e. The number of amides is 2. The van der Waals surface area contributed by atoms with Gasteiger partial charge in [-0.25, -0.2) is 4.98 Å². The van der Waals surface area contributed by atoms with Gasteiger partial charge in [0.2, 0.25) is 0 Å². The number of rotatable bonds is 2. The Labute approximate surface area is 180 Å². The smallest absolute Gasteiger partial charge is 0.313 e. The number of aryl methyl sites for hydroxylation is 1. The first-order valence-corrected chi connectivity index (χ1v) is 11.0. The number of nitrogens with two attached hydrogens (primary N) is 1. The van der Waals surface area contributed by atoms with E-state index in [0.29, 0.717) is 24.0 Å². The van der Waals surface area contributed by atoms with Gasteiger partial charge in [-0.1, -0.05) is 13.0 Å². The molecular formula is C23H26N4O2S. The van der Waals surface area contributed by atoms with Crippen molar-refractivity contribution in [3.63, 3.8) is 0 Å². The molecule has 1 aliphatic rings. The van der Waals surface area contributed by atoms with E-state index in [-0.39, 0.29) is 0 Å². The van der Waals surface area contributed by atoms with Crippen LogP contribution in [0.2, 0.25) is 0 Å². The van der Waals surface area contributed by atoms with Crippen LogP contribution in [-0.2, 0) is 15.1 Å². The van der Waals surface area contributed by atoms with Crippen LogP contribution in [0.3, 0.4) is 0 Å². The van der Waals surface area contributed by atoms with Crippen molar-refractivity contribution in [2.75, 3.05) is 17.6 Å². The zero-order chi connectivity index (χ0) is 21.5. The Balaban J connectivity index is 1.63. The van der Waals surface area contributed by atoms with Crippen LogP contribution in [0, 0.1) is 12.8 Å². The quantitative estimate of drug-likeness (QED) is 0.603. The van der Waals surface area contributed by atoms with Crippen LogP contribution in [-0.4, -0.2) is 28.2 Å². The van der Waals surface area contributed by atoms with E-state index < -0.39 is 17.4 Å². The summed E-state index contributed by atoms with van der Waals surface area (Å²) in [4.78, 5) is 31.9. The van der Waals surface area contributed by atoms with E-state index in [2.05, 4.69) is 53.8 Å². The summed E-state index contributed by atoms with van der Waals surface area (Å²) in [5.74, 6) is -0.442. The fraction of sp³-hybridized carbons (Fsp3) is 0.348. The number of thiophene rings is 1. The van der Waals surface area contributed by atoms with Crippen molar-refractivity contribution in [1.29, 1.82) is 0 Å². The van der Waals surface area contributed by atoms with Gasteiger partial charge in [0.25, 0.3) is 0 Å². The van der Waals surface area contributed by atoms with Crippen molar-refractivity contribution in [1.82, 2.24) is 9.88 Å². The number of piperidine rings is 1. The van der Waals surface area contributed by atoms with Gasteiger partial charge in [0, 0.05) is 11.2 Å². The van der Waals surface area contributed by atoms with Crippen molar-refractivity contribution in [2.45, 2.75) is 39.2 Å². The highest BCUT2D eigenvalue weighted by Gasteiger charge is 2.43. The molecule has 1 aromatic carbocycles. The summed E-state index contributed by atoms with van der Waals surface area (Å²) in [7, 11) is 0. The van der Waals surface area contributed by atoms with Crippen LogP contribution in [0.5, 0.6) is 0 Å². The Hall–Kier alpha value is -2.93. The van der Waals surface area contributed by atoms with Gasteiger partial charge >= 0.3 is 11.8 Å². The lowest BCUT2D eigenvalue weighted by molar-refractivity contribution is -0.150. The van der Waals surface area contributed by atoms with Crippen molar-refractivity contribution in [3.05, 3.63) is 53.0 Å². The number of nitrogens with one attached hydrogen (secondary N) is 1. The molecule has 0 bridgehead atoms. The van der Waals surface area contributed by atoms with E-state index in [0.717, 1.165) is 29.4 Å². The topological polar surface area (TPSA) is 88.3 Å². The zero-order valence-electron chi connectivity index (χ0n) is 17.4. The normalized spacial score (nSPS) is 21.6. The molecule has 3 aromatic rings. The molecular weight excluding hydrogens is 396 g/mol. The minimum Gasteiger partial charge on any atom is -0.383 e. The Bertz CT molecular complexity index is 1130. The number of benzene rings is 1. The molecule has 30 heavy (non-hydrogen) atoms. The molecule has 2 aromatic heterocycles. The molecule has 2 atom stereocenters. The number of nitrogen functional groups attached to an aromatic ring is 1. The molecule has 6 nitrogen and oxygen atoms in total. The van der Waals surface area contributed by atoms with Gasteiger partial charge < -0.3 is 16.0 Å². The Morgan fingerprint density at radius 1 is 1.30 bits per heavy atom. The molecule has 156 valence electrons. The number of carbonyl (C=O) groups is 2. The third kappa shape index (κ3) is 3.65. The molecule has 0 unspecified atom stereocenters. The third-order valence-electron chi connectivity index (χ3n) is 6.10. The van der Waals surface area contributed by atoms with Gasteiger partial charge in [0.15, 0.2) is 0 Å². The van der Waals surface area contributed by atoms with Crippen LogP contribution in [0.25, 0.3) is 10.1 Å². The maximum absolute atomic E-state index is 13.3.